The first-order valence-corrected chi connectivity index (χ1v) is 10.3. The Morgan fingerprint density at radius 3 is 2.46 bits per heavy atom. The van der Waals surface area contributed by atoms with Crippen molar-refractivity contribution in [2.45, 2.75) is 26.1 Å². The minimum Gasteiger partial charge on any atom is -0.389 e. The van der Waals surface area contributed by atoms with Gasteiger partial charge >= 0.3 is 0 Å². The number of para-hydroxylation sites is 1. The molecule has 3 nitrogen and oxygen atoms in total. The molecule has 5 aromatic rings. The van der Waals surface area contributed by atoms with Crippen molar-refractivity contribution in [1.82, 2.24) is 9.13 Å². The van der Waals surface area contributed by atoms with E-state index in [2.05, 4.69) is 92.8 Å². The maximum absolute atomic E-state index is 10.9. The molecule has 0 spiro atoms. The van der Waals surface area contributed by atoms with Crippen molar-refractivity contribution >= 4 is 48.6 Å². The first kappa shape index (κ1) is 17.5. The molecule has 5 rings (SSSR count). The fraction of sp³-hybridized carbons (Fsp3) is 0.167. The minimum absolute atomic E-state index is 0.487. The summed E-state index contributed by atoms with van der Waals surface area (Å²) in [6.45, 7) is 3.24. The maximum atomic E-state index is 10.9. The van der Waals surface area contributed by atoms with Crippen LogP contribution in [0, 0.1) is 6.92 Å². The van der Waals surface area contributed by atoms with E-state index in [9.17, 15) is 5.11 Å². The first-order valence-electron chi connectivity index (χ1n) is 9.50. The lowest BCUT2D eigenvalue weighted by Crippen LogP contribution is -2.21. The summed E-state index contributed by atoms with van der Waals surface area (Å²) in [7, 11) is 0. The third kappa shape index (κ3) is 2.93. The fourth-order valence-electron chi connectivity index (χ4n) is 4.18. The van der Waals surface area contributed by atoms with Crippen molar-refractivity contribution in [3.05, 3.63) is 83.0 Å². The second-order valence-electron chi connectivity index (χ2n) is 7.47. The summed E-state index contributed by atoms with van der Waals surface area (Å²) in [4.78, 5) is 0. The Morgan fingerprint density at radius 2 is 1.61 bits per heavy atom. The van der Waals surface area contributed by atoms with Gasteiger partial charge < -0.3 is 14.2 Å². The number of aryl methyl sites for hydroxylation is 1. The monoisotopic (exact) mass is 432 g/mol. The van der Waals surface area contributed by atoms with Crippen LogP contribution < -0.4 is 0 Å². The highest BCUT2D eigenvalue weighted by Crippen LogP contribution is 2.32. The lowest BCUT2D eigenvalue weighted by atomic mass is 10.1. The zero-order chi connectivity index (χ0) is 19.3. The molecular formula is C24H21BrN2O. The highest BCUT2D eigenvalue weighted by Gasteiger charge is 2.15. The van der Waals surface area contributed by atoms with E-state index >= 15 is 0 Å². The summed E-state index contributed by atoms with van der Waals surface area (Å²) < 4.78 is 5.45. The summed E-state index contributed by atoms with van der Waals surface area (Å²) in [6, 6.07) is 23.3. The van der Waals surface area contributed by atoms with E-state index in [0.717, 1.165) is 21.0 Å². The molecule has 0 saturated heterocycles. The topological polar surface area (TPSA) is 30.1 Å². The Morgan fingerprint density at radius 1 is 0.857 bits per heavy atom. The third-order valence-corrected chi connectivity index (χ3v) is 5.96. The van der Waals surface area contributed by atoms with Gasteiger partial charge in [0, 0.05) is 38.0 Å². The number of hydrogen-bond donors (Lipinski definition) is 1. The van der Waals surface area contributed by atoms with Gasteiger partial charge in [0.15, 0.2) is 0 Å². The number of halogens is 1. The quantitative estimate of drug-likeness (QED) is 0.377. The van der Waals surface area contributed by atoms with Gasteiger partial charge in [-0.1, -0.05) is 45.8 Å². The zero-order valence-corrected chi connectivity index (χ0v) is 17.2. The highest BCUT2D eigenvalue weighted by atomic mass is 79.9. The van der Waals surface area contributed by atoms with Crippen molar-refractivity contribution in [2.24, 2.45) is 0 Å². The van der Waals surface area contributed by atoms with Gasteiger partial charge in [0.1, 0.15) is 0 Å². The largest absolute Gasteiger partial charge is 0.389 e. The van der Waals surface area contributed by atoms with Crippen molar-refractivity contribution in [2.75, 3.05) is 0 Å². The van der Waals surface area contributed by atoms with Crippen molar-refractivity contribution in [1.29, 1.82) is 0 Å². The van der Waals surface area contributed by atoms with Crippen LogP contribution in [0.2, 0.25) is 0 Å². The van der Waals surface area contributed by atoms with Gasteiger partial charge in [-0.15, -0.1) is 0 Å². The molecule has 0 amide bonds. The molecule has 0 bridgehead atoms. The van der Waals surface area contributed by atoms with Gasteiger partial charge in [0.25, 0.3) is 0 Å². The van der Waals surface area contributed by atoms with Gasteiger partial charge in [-0.2, -0.15) is 0 Å². The van der Waals surface area contributed by atoms with Crippen LogP contribution >= 0.6 is 15.9 Å². The molecular weight excluding hydrogens is 412 g/mol. The van der Waals surface area contributed by atoms with Crippen LogP contribution in [0.15, 0.2) is 77.4 Å². The van der Waals surface area contributed by atoms with Crippen LogP contribution in [0.5, 0.6) is 0 Å². The van der Waals surface area contributed by atoms with Crippen LogP contribution in [-0.2, 0) is 13.1 Å². The second-order valence-corrected chi connectivity index (χ2v) is 8.39. The number of aliphatic hydroxyl groups excluding tert-OH is 1. The molecule has 0 aliphatic rings. The van der Waals surface area contributed by atoms with Crippen molar-refractivity contribution in [3.8, 4) is 0 Å². The molecule has 0 aliphatic carbocycles. The average Bonchev–Trinajstić information content (AvgIpc) is 3.21. The van der Waals surface area contributed by atoms with Gasteiger partial charge in [-0.3, -0.25) is 0 Å². The Hall–Kier alpha value is -2.56. The summed E-state index contributed by atoms with van der Waals surface area (Å²) in [5.74, 6) is 0. The smallest absolute Gasteiger partial charge is 0.0897 e. The molecule has 140 valence electrons. The lowest BCUT2D eigenvalue weighted by molar-refractivity contribution is 0.138. The molecule has 3 aromatic carbocycles. The Balaban J connectivity index is 1.55. The Labute approximate surface area is 171 Å². The minimum atomic E-state index is -0.487. The van der Waals surface area contributed by atoms with E-state index < -0.39 is 6.10 Å². The van der Waals surface area contributed by atoms with Gasteiger partial charge in [-0.25, -0.2) is 0 Å². The van der Waals surface area contributed by atoms with Crippen LogP contribution in [0.1, 0.15) is 5.56 Å². The van der Waals surface area contributed by atoms with E-state index in [1.165, 1.54) is 21.7 Å². The third-order valence-electron chi connectivity index (χ3n) is 5.46. The number of hydrogen-bond acceptors (Lipinski definition) is 1. The van der Waals surface area contributed by atoms with Gasteiger partial charge in [-0.05, 0) is 54.8 Å². The van der Waals surface area contributed by atoms with E-state index in [1.54, 1.807) is 0 Å². The number of nitrogens with zero attached hydrogens (tertiary/aromatic N) is 2. The highest BCUT2D eigenvalue weighted by molar-refractivity contribution is 9.10. The van der Waals surface area contributed by atoms with E-state index in [4.69, 9.17) is 0 Å². The van der Waals surface area contributed by atoms with E-state index in [0.29, 0.717) is 13.1 Å². The number of aliphatic hydroxyl groups is 1. The molecule has 4 heteroatoms. The molecule has 0 aliphatic heterocycles. The fourth-order valence-corrected chi connectivity index (χ4v) is 4.54. The van der Waals surface area contributed by atoms with Crippen LogP contribution in [-0.4, -0.2) is 20.3 Å². The van der Waals surface area contributed by atoms with Crippen LogP contribution in [0.4, 0.5) is 0 Å². The summed E-state index contributed by atoms with van der Waals surface area (Å²) in [5.41, 5.74) is 4.71. The number of rotatable bonds is 4. The first-order chi connectivity index (χ1) is 13.6. The Kier molecular flexibility index (Phi) is 4.26. The molecule has 0 radical (unpaired) electrons. The van der Waals surface area contributed by atoms with Crippen LogP contribution in [0.3, 0.4) is 0 Å². The SMILES string of the molecule is Cc1ccc2c(c1)c1cc(Br)ccc1n2CC(O)Cn1ccc2ccccc21. The molecule has 28 heavy (non-hydrogen) atoms. The number of fused-ring (bicyclic) bond motifs is 4. The molecule has 1 N–H and O–H groups in total. The summed E-state index contributed by atoms with van der Waals surface area (Å²) in [6.07, 6.45) is 1.57. The predicted octanol–water partition coefficient (Wildman–Crippen LogP) is 5.88. The van der Waals surface area contributed by atoms with Gasteiger partial charge in [0.05, 0.1) is 19.2 Å². The molecule has 2 heterocycles. The molecule has 1 atom stereocenters. The number of aromatic nitrogens is 2. The van der Waals surface area contributed by atoms with E-state index in [-0.39, 0.29) is 0 Å². The average molecular weight is 433 g/mol. The molecule has 2 aromatic heterocycles. The standard InChI is InChI=1S/C24H21BrN2O/c1-16-6-8-23-20(12-16)21-13-18(25)7-9-24(21)27(23)15-19(28)14-26-11-10-17-4-2-3-5-22(17)26/h2-13,19,28H,14-15H2,1H3. The maximum Gasteiger partial charge on any atom is 0.0897 e. The predicted molar refractivity (Wildman–Crippen MR) is 120 cm³/mol. The normalized spacial score (nSPS) is 13.0. The summed E-state index contributed by atoms with van der Waals surface area (Å²) in [5, 5.41) is 14.6. The molecule has 1 unspecified atom stereocenters. The van der Waals surface area contributed by atoms with Crippen molar-refractivity contribution in [3.63, 3.8) is 0 Å². The number of benzene rings is 3. The Bertz CT molecular complexity index is 1260. The zero-order valence-electron chi connectivity index (χ0n) is 15.6. The second kappa shape index (κ2) is 6.80. The summed E-state index contributed by atoms with van der Waals surface area (Å²) >= 11 is 3.60. The lowest BCUT2D eigenvalue weighted by Gasteiger charge is -2.16. The van der Waals surface area contributed by atoms with E-state index in [1.807, 2.05) is 12.1 Å². The van der Waals surface area contributed by atoms with Crippen LogP contribution in [0.25, 0.3) is 32.7 Å². The van der Waals surface area contributed by atoms with Gasteiger partial charge in [0.2, 0.25) is 0 Å². The molecule has 0 saturated carbocycles. The molecule has 0 fully saturated rings. The van der Waals surface area contributed by atoms with Crippen molar-refractivity contribution < 1.29 is 5.11 Å².